The number of phenols is 1. The Balaban J connectivity index is 2.05. The molecule has 1 aromatic heterocycles. The van der Waals surface area contributed by atoms with E-state index in [1.807, 2.05) is 12.3 Å². The molecule has 0 atom stereocenters. The Kier molecular flexibility index (Phi) is 3.57. The highest BCUT2D eigenvalue weighted by Crippen LogP contribution is 2.17. The van der Waals surface area contributed by atoms with Crippen LogP contribution in [0, 0.1) is 12.7 Å². The van der Waals surface area contributed by atoms with Gasteiger partial charge in [0.05, 0.1) is 22.8 Å². The molecule has 0 saturated carbocycles. The molecule has 18 heavy (non-hydrogen) atoms. The Bertz CT molecular complexity index is 583. The number of amides is 1. The summed E-state index contributed by atoms with van der Waals surface area (Å²) in [5.41, 5.74) is 0.656. The van der Waals surface area contributed by atoms with Gasteiger partial charge in [0.1, 0.15) is 11.6 Å². The Morgan fingerprint density at radius 1 is 1.56 bits per heavy atom. The number of benzene rings is 1. The third kappa shape index (κ3) is 2.84. The maximum atomic E-state index is 13.0. The fraction of sp³-hybridized carbons (Fsp3) is 0.167. The van der Waals surface area contributed by atoms with Gasteiger partial charge in [0.2, 0.25) is 0 Å². The predicted octanol–water partition coefficient (Wildman–Crippen LogP) is 2.23. The normalized spacial score (nSPS) is 10.3. The summed E-state index contributed by atoms with van der Waals surface area (Å²) in [5.74, 6) is -1.34. The molecule has 2 aromatic rings. The number of thiazole rings is 1. The van der Waals surface area contributed by atoms with Crippen LogP contribution < -0.4 is 5.32 Å². The van der Waals surface area contributed by atoms with Gasteiger partial charge in [0.15, 0.2) is 0 Å². The van der Waals surface area contributed by atoms with Crippen molar-refractivity contribution < 1.29 is 14.3 Å². The third-order valence-corrected chi connectivity index (χ3v) is 3.12. The molecule has 0 fully saturated rings. The average molecular weight is 266 g/mol. The van der Waals surface area contributed by atoms with Gasteiger partial charge in [-0.3, -0.25) is 4.79 Å². The maximum absolute atomic E-state index is 13.0. The van der Waals surface area contributed by atoms with Crippen molar-refractivity contribution in [1.29, 1.82) is 0 Å². The van der Waals surface area contributed by atoms with Crippen LogP contribution in [-0.2, 0) is 6.54 Å². The number of aryl methyl sites for hydroxylation is 1. The maximum Gasteiger partial charge on any atom is 0.255 e. The molecule has 0 saturated heterocycles. The molecule has 0 aliphatic rings. The van der Waals surface area contributed by atoms with E-state index in [0.29, 0.717) is 0 Å². The zero-order chi connectivity index (χ0) is 13.1. The summed E-state index contributed by atoms with van der Waals surface area (Å²) in [6.45, 7) is 2.12. The molecule has 0 spiro atoms. The van der Waals surface area contributed by atoms with E-state index in [1.54, 1.807) is 0 Å². The number of carbonyl (C=O) groups excluding carboxylic acids is 1. The van der Waals surface area contributed by atoms with Gasteiger partial charge in [0.25, 0.3) is 5.91 Å². The molecule has 0 bridgehead atoms. The van der Waals surface area contributed by atoms with Crippen molar-refractivity contribution in [2.24, 2.45) is 0 Å². The second-order valence-electron chi connectivity index (χ2n) is 3.70. The van der Waals surface area contributed by atoms with Crippen molar-refractivity contribution in [3.8, 4) is 5.75 Å². The first-order valence-electron chi connectivity index (χ1n) is 5.24. The molecular formula is C12H11FN2O2S. The zero-order valence-electron chi connectivity index (χ0n) is 9.61. The standard InChI is InChI=1S/C12H11FN2O2S/c1-7-15-9(6-18-7)5-14-12(17)10-4-8(13)2-3-11(10)16/h2-4,6,16H,5H2,1H3,(H,14,17). The van der Waals surface area contributed by atoms with Gasteiger partial charge in [-0.2, -0.15) is 0 Å². The summed E-state index contributed by atoms with van der Waals surface area (Å²) in [4.78, 5) is 15.9. The van der Waals surface area contributed by atoms with Crippen LogP contribution in [0.5, 0.6) is 5.75 Å². The van der Waals surface area contributed by atoms with Crippen LogP contribution in [0.1, 0.15) is 21.1 Å². The van der Waals surface area contributed by atoms with E-state index in [2.05, 4.69) is 10.3 Å². The van der Waals surface area contributed by atoms with Crippen LogP contribution in [0.15, 0.2) is 23.6 Å². The lowest BCUT2D eigenvalue weighted by atomic mass is 10.2. The first-order valence-corrected chi connectivity index (χ1v) is 6.12. The van der Waals surface area contributed by atoms with E-state index >= 15 is 0 Å². The highest BCUT2D eigenvalue weighted by Gasteiger charge is 2.12. The van der Waals surface area contributed by atoms with Gasteiger partial charge < -0.3 is 10.4 Å². The number of rotatable bonds is 3. The molecule has 2 rings (SSSR count). The molecule has 6 heteroatoms. The lowest BCUT2D eigenvalue weighted by Crippen LogP contribution is -2.23. The molecule has 0 aliphatic heterocycles. The molecule has 0 radical (unpaired) electrons. The van der Waals surface area contributed by atoms with Crippen molar-refractivity contribution in [2.45, 2.75) is 13.5 Å². The Morgan fingerprint density at radius 3 is 3.00 bits per heavy atom. The van der Waals surface area contributed by atoms with Crippen LogP contribution in [0.25, 0.3) is 0 Å². The molecule has 1 aromatic carbocycles. The topological polar surface area (TPSA) is 62.2 Å². The Morgan fingerprint density at radius 2 is 2.33 bits per heavy atom. The molecular weight excluding hydrogens is 255 g/mol. The van der Waals surface area contributed by atoms with Crippen LogP contribution in [0.3, 0.4) is 0 Å². The van der Waals surface area contributed by atoms with E-state index < -0.39 is 11.7 Å². The first kappa shape index (κ1) is 12.5. The fourth-order valence-corrected chi connectivity index (χ4v) is 2.06. The number of nitrogens with one attached hydrogen (secondary N) is 1. The molecule has 0 unspecified atom stereocenters. The predicted molar refractivity (Wildman–Crippen MR) is 66.1 cm³/mol. The highest BCUT2D eigenvalue weighted by atomic mass is 32.1. The summed E-state index contributed by atoms with van der Waals surface area (Å²) < 4.78 is 13.0. The van der Waals surface area contributed by atoms with Crippen LogP contribution in [-0.4, -0.2) is 16.0 Å². The van der Waals surface area contributed by atoms with E-state index in [9.17, 15) is 14.3 Å². The summed E-state index contributed by atoms with van der Waals surface area (Å²) in [6, 6.07) is 3.24. The zero-order valence-corrected chi connectivity index (χ0v) is 10.4. The molecule has 1 amide bonds. The minimum absolute atomic E-state index is 0.0815. The first-order chi connectivity index (χ1) is 8.56. The van der Waals surface area contributed by atoms with E-state index in [4.69, 9.17) is 0 Å². The smallest absolute Gasteiger partial charge is 0.255 e. The Labute approximate surface area is 107 Å². The Hall–Kier alpha value is -1.95. The molecule has 2 N–H and O–H groups in total. The van der Waals surface area contributed by atoms with Crippen molar-refractivity contribution in [3.05, 3.63) is 45.7 Å². The number of carbonyl (C=O) groups is 1. The van der Waals surface area contributed by atoms with Gasteiger partial charge in [-0.1, -0.05) is 0 Å². The number of hydrogen-bond donors (Lipinski definition) is 2. The quantitative estimate of drug-likeness (QED) is 0.895. The second kappa shape index (κ2) is 5.14. The third-order valence-electron chi connectivity index (χ3n) is 2.30. The number of aromatic hydroxyl groups is 1. The van der Waals surface area contributed by atoms with E-state index in [-0.39, 0.29) is 17.9 Å². The summed E-state index contributed by atoms with van der Waals surface area (Å²) in [7, 11) is 0. The molecule has 1 heterocycles. The van der Waals surface area contributed by atoms with Crippen molar-refractivity contribution in [1.82, 2.24) is 10.3 Å². The molecule has 94 valence electrons. The lowest BCUT2D eigenvalue weighted by Gasteiger charge is -2.05. The van der Waals surface area contributed by atoms with E-state index in [1.165, 1.54) is 11.3 Å². The number of phenolic OH excluding ortho intramolecular Hbond substituents is 1. The second-order valence-corrected chi connectivity index (χ2v) is 4.76. The minimum atomic E-state index is -0.567. The largest absolute Gasteiger partial charge is 0.507 e. The van der Waals surface area contributed by atoms with Gasteiger partial charge in [-0.05, 0) is 25.1 Å². The van der Waals surface area contributed by atoms with Crippen LogP contribution in [0.4, 0.5) is 4.39 Å². The van der Waals surface area contributed by atoms with Gasteiger partial charge in [-0.15, -0.1) is 11.3 Å². The van der Waals surface area contributed by atoms with Crippen molar-refractivity contribution >= 4 is 17.2 Å². The SMILES string of the molecule is Cc1nc(CNC(=O)c2cc(F)ccc2O)cs1. The van der Waals surface area contributed by atoms with Crippen molar-refractivity contribution in [2.75, 3.05) is 0 Å². The van der Waals surface area contributed by atoms with Gasteiger partial charge in [-0.25, -0.2) is 9.37 Å². The van der Waals surface area contributed by atoms with Crippen molar-refractivity contribution in [3.63, 3.8) is 0 Å². The minimum Gasteiger partial charge on any atom is -0.507 e. The van der Waals surface area contributed by atoms with Gasteiger partial charge >= 0.3 is 0 Å². The summed E-state index contributed by atoms with van der Waals surface area (Å²) in [6.07, 6.45) is 0. The molecule has 0 aliphatic carbocycles. The van der Waals surface area contributed by atoms with E-state index in [0.717, 1.165) is 28.9 Å². The van der Waals surface area contributed by atoms with Crippen LogP contribution in [0.2, 0.25) is 0 Å². The van der Waals surface area contributed by atoms with Crippen LogP contribution >= 0.6 is 11.3 Å². The monoisotopic (exact) mass is 266 g/mol. The summed E-state index contributed by atoms with van der Waals surface area (Å²) >= 11 is 1.49. The fourth-order valence-electron chi connectivity index (χ4n) is 1.45. The summed E-state index contributed by atoms with van der Waals surface area (Å²) in [5, 5.41) is 14.8. The molecule has 4 nitrogen and oxygen atoms in total. The number of halogens is 1. The number of hydrogen-bond acceptors (Lipinski definition) is 4. The average Bonchev–Trinajstić information content (AvgIpc) is 2.75. The van der Waals surface area contributed by atoms with Gasteiger partial charge in [0, 0.05) is 5.38 Å². The highest BCUT2D eigenvalue weighted by molar-refractivity contribution is 7.09. The number of aromatic nitrogens is 1. The number of nitrogens with zero attached hydrogens (tertiary/aromatic N) is 1. The lowest BCUT2D eigenvalue weighted by molar-refractivity contribution is 0.0947.